The van der Waals surface area contributed by atoms with Gasteiger partial charge in [-0.2, -0.15) is 0 Å². The fourth-order valence-electron chi connectivity index (χ4n) is 3.32. The molecule has 0 aromatic carbocycles. The third-order valence-corrected chi connectivity index (χ3v) is 3.92. The zero-order chi connectivity index (χ0) is 20.4. The van der Waals surface area contributed by atoms with Gasteiger partial charge in [0, 0.05) is 25.9 Å². The van der Waals surface area contributed by atoms with Crippen molar-refractivity contribution in [1.82, 2.24) is 10.6 Å². The van der Waals surface area contributed by atoms with Crippen LogP contribution in [0.5, 0.6) is 0 Å². The van der Waals surface area contributed by atoms with Crippen molar-refractivity contribution in [2.75, 3.05) is 33.4 Å². The zero-order valence-corrected chi connectivity index (χ0v) is 17.7. The van der Waals surface area contributed by atoms with E-state index < -0.39 is 5.79 Å². The van der Waals surface area contributed by atoms with Crippen LogP contribution in [-0.4, -0.2) is 51.0 Å². The first-order valence-electron chi connectivity index (χ1n) is 9.26. The number of amides is 2. The van der Waals surface area contributed by atoms with Crippen LogP contribution in [0.4, 0.5) is 0 Å². The predicted molar refractivity (Wildman–Crippen MR) is 104 cm³/mol. The maximum atomic E-state index is 12.2. The molecule has 0 aliphatic rings. The first-order chi connectivity index (χ1) is 11.8. The minimum absolute atomic E-state index is 0.0256. The summed E-state index contributed by atoms with van der Waals surface area (Å²) >= 11 is 0. The minimum atomic E-state index is -0.681. The summed E-state index contributed by atoms with van der Waals surface area (Å²) in [5, 5.41) is 5.89. The van der Waals surface area contributed by atoms with E-state index in [-0.39, 0.29) is 22.6 Å². The lowest BCUT2D eigenvalue weighted by molar-refractivity contribution is -0.211. The van der Waals surface area contributed by atoms with Crippen LogP contribution in [0.3, 0.4) is 0 Å². The van der Waals surface area contributed by atoms with Gasteiger partial charge in [0.1, 0.15) is 0 Å². The number of nitrogens with two attached hydrogens (primary N) is 1. The summed E-state index contributed by atoms with van der Waals surface area (Å²) in [5.74, 6) is -1.02. The third kappa shape index (κ3) is 13.1. The first-order valence-corrected chi connectivity index (χ1v) is 9.26. The fourth-order valence-corrected chi connectivity index (χ4v) is 3.32. The minimum Gasteiger partial charge on any atom is -0.370 e. The van der Waals surface area contributed by atoms with Gasteiger partial charge >= 0.3 is 0 Å². The zero-order valence-electron chi connectivity index (χ0n) is 17.7. The highest BCUT2D eigenvalue weighted by molar-refractivity contribution is 5.76. The van der Waals surface area contributed by atoms with Crippen LogP contribution in [0.25, 0.3) is 0 Å². The van der Waals surface area contributed by atoms with E-state index in [0.29, 0.717) is 32.6 Å². The van der Waals surface area contributed by atoms with Gasteiger partial charge in [-0.3, -0.25) is 9.59 Å². The van der Waals surface area contributed by atoms with Crippen LogP contribution in [0.1, 0.15) is 60.8 Å². The summed E-state index contributed by atoms with van der Waals surface area (Å²) in [6, 6.07) is 0. The van der Waals surface area contributed by atoms with Crippen molar-refractivity contribution in [3.63, 3.8) is 0 Å². The van der Waals surface area contributed by atoms with Gasteiger partial charge in [-0.1, -0.05) is 27.7 Å². The van der Waals surface area contributed by atoms with Gasteiger partial charge in [0.05, 0.1) is 13.2 Å². The Morgan fingerprint density at radius 2 is 1.38 bits per heavy atom. The van der Waals surface area contributed by atoms with E-state index in [1.165, 1.54) is 0 Å². The molecule has 0 fully saturated rings. The Morgan fingerprint density at radius 3 is 1.88 bits per heavy atom. The summed E-state index contributed by atoms with van der Waals surface area (Å²) in [7, 11) is 1.86. The molecular weight excluding hydrogens is 334 g/mol. The molecule has 0 aromatic rings. The molecule has 26 heavy (non-hydrogen) atoms. The Balaban J connectivity index is 4.19. The van der Waals surface area contributed by atoms with E-state index in [1.54, 1.807) is 0 Å². The standard InChI is InChI=1S/C19H39N3O4/c1-17(2,12-15(20)23)14-18(3,4)13-16(24)22-9-11-26-19(5,6)25-10-8-21-7/h21H,8-14H2,1-7H3,(H2,20,23)(H,22,24). The van der Waals surface area contributed by atoms with Crippen LogP contribution in [0, 0.1) is 10.8 Å². The van der Waals surface area contributed by atoms with E-state index in [1.807, 2.05) is 48.6 Å². The lowest BCUT2D eigenvalue weighted by atomic mass is 9.71. The molecule has 0 unspecified atom stereocenters. The fraction of sp³-hybridized carbons (Fsp3) is 0.895. The highest BCUT2D eigenvalue weighted by atomic mass is 16.7. The van der Waals surface area contributed by atoms with Gasteiger partial charge in [0.25, 0.3) is 0 Å². The summed E-state index contributed by atoms with van der Waals surface area (Å²) in [6.45, 7) is 13.9. The average molecular weight is 374 g/mol. The Kier molecular flexibility index (Phi) is 10.4. The Morgan fingerprint density at radius 1 is 0.885 bits per heavy atom. The molecule has 7 heteroatoms. The van der Waals surface area contributed by atoms with Gasteiger partial charge in [-0.05, 0) is 38.1 Å². The first kappa shape index (κ1) is 24.8. The van der Waals surface area contributed by atoms with Crippen molar-refractivity contribution in [2.45, 2.75) is 66.6 Å². The summed E-state index contributed by atoms with van der Waals surface area (Å²) in [4.78, 5) is 23.4. The van der Waals surface area contributed by atoms with Crippen LogP contribution in [-0.2, 0) is 19.1 Å². The molecule has 0 spiro atoms. The van der Waals surface area contributed by atoms with Crippen LogP contribution >= 0.6 is 0 Å². The number of rotatable bonds is 14. The summed E-state index contributed by atoms with van der Waals surface area (Å²) in [6.07, 6.45) is 1.44. The Bertz CT molecular complexity index is 448. The number of primary amides is 1. The number of carbonyl (C=O) groups is 2. The maximum absolute atomic E-state index is 12.2. The van der Waals surface area contributed by atoms with Gasteiger partial charge in [-0.15, -0.1) is 0 Å². The van der Waals surface area contributed by atoms with Crippen molar-refractivity contribution >= 4 is 11.8 Å². The average Bonchev–Trinajstić information content (AvgIpc) is 2.40. The second-order valence-electron chi connectivity index (χ2n) is 8.88. The molecule has 2 amide bonds. The normalized spacial score (nSPS) is 12.9. The highest BCUT2D eigenvalue weighted by Gasteiger charge is 2.31. The van der Waals surface area contributed by atoms with Crippen molar-refractivity contribution < 1.29 is 19.1 Å². The van der Waals surface area contributed by atoms with E-state index in [4.69, 9.17) is 15.2 Å². The Labute approximate surface area is 158 Å². The molecule has 0 radical (unpaired) electrons. The molecule has 0 rings (SSSR count). The molecule has 0 saturated carbocycles. The summed E-state index contributed by atoms with van der Waals surface area (Å²) in [5.41, 5.74) is 4.86. The van der Waals surface area contributed by atoms with Crippen molar-refractivity contribution in [1.29, 1.82) is 0 Å². The van der Waals surface area contributed by atoms with Gasteiger partial charge in [0.15, 0.2) is 5.79 Å². The summed E-state index contributed by atoms with van der Waals surface area (Å²) < 4.78 is 11.3. The Hall–Kier alpha value is -1.18. The molecule has 0 atom stereocenters. The van der Waals surface area contributed by atoms with E-state index in [9.17, 15) is 9.59 Å². The monoisotopic (exact) mass is 373 g/mol. The number of nitrogens with one attached hydrogen (secondary N) is 2. The molecule has 154 valence electrons. The van der Waals surface area contributed by atoms with Gasteiger partial charge in [-0.25, -0.2) is 0 Å². The molecular formula is C19H39N3O4. The van der Waals surface area contributed by atoms with Crippen LogP contribution < -0.4 is 16.4 Å². The van der Waals surface area contributed by atoms with E-state index in [0.717, 1.165) is 13.0 Å². The van der Waals surface area contributed by atoms with Crippen molar-refractivity contribution in [3.8, 4) is 0 Å². The quantitative estimate of drug-likeness (QED) is 0.318. The topological polar surface area (TPSA) is 103 Å². The lowest BCUT2D eigenvalue weighted by Crippen LogP contribution is -2.37. The van der Waals surface area contributed by atoms with Crippen LogP contribution in [0.2, 0.25) is 0 Å². The molecule has 7 nitrogen and oxygen atoms in total. The van der Waals surface area contributed by atoms with Crippen molar-refractivity contribution in [2.24, 2.45) is 16.6 Å². The molecule has 4 N–H and O–H groups in total. The van der Waals surface area contributed by atoms with Crippen molar-refractivity contribution in [3.05, 3.63) is 0 Å². The number of hydrogen-bond donors (Lipinski definition) is 3. The molecule has 0 aliphatic heterocycles. The lowest BCUT2D eigenvalue weighted by Gasteiger charge is -2.34. The molecule has 0 bridgehead atoms. The number of carbonyl (C=O) groups excluding carboxylic acids is 2. The van der Waals surface area contributed by atoms with Gasteiger partial charge < -0.3 is 25.8 Å². The molecule has 0 heterocycles. The number of hydrogen-bond acceptors (Lipinski definition) is 5. The van der Waals surface area contributed by atoms with Crippen LogP contribution in [0.15, 0.2) is 0 Å². The highest BCUT2D eigenvalue weighted by Crippen LogP contribution is 2.38. The van der Waals surface area contributed by atoms with Gasteiger partial charge in [0.2, 0.25) is 11.8 Å². The second kappa shape index (κ2) is 10.8. The number of likely N-dealkylation sites (N-methyl/N-ethyl adjacent to an activating group) is 1. The van der Waals surface area contributed by atoms with E-state index in [2.05, 4.69) is 10.6 Å². The number of ether oxygens (including phenoxy) is 2. The smallest absolute Gasteiger partial charge is 0.220 e. The second-order valence-corrected chi connectivity index (χ2v) is 8.88. The van der Waals surface area contributed by atoms with E-state index >= 15 is 0 Å². The molecule has 0 saturated heterocycles. The maximum Gasteiger partial charge on any atom is 0.220 e. The predicted octanol–water partition coefficient (Wildman–Crippen LogP) is 1.80. The SMILES string of the molecule is CNCCOC(C)(C)OCCNC(=O)CC(C)(C)CC(C)(C)CC(N)=O. The molecule has 0 aliphatic carbocycles. The largest absolute Gasteiger partial charge is 0.370 e. The third-order valence-electron chi connectivity index (χ3n) is 3.92. The molecule has 0 aromatic heterocycles.